The zero-order valence-corrected chi connectivity index (χ0v) is 14.0. The molecule has 0 unspecified atom stereocenters. The highest BCUT2D eigenvalue weighted by molar-refractivity contribution is 7.99. The van der Waals surface area contributed by atoms with E-state index in [1.54, 1.807) is 18.4 Å². The van der Waals surface area contributed by atoms with Gasteiger partial charge in [0.15, 0.2) is 5.76 Å². The topological polar surface area (TPSA) is 81.5 Å². The fraction of sp³-hybridized carbons (Fsp3) is 0.294. The molecular weight excluding hydrogens is 328 g/mol. The maximum absolute atomic E-state index is 10.0. The smallest absolute Gasteiger partial charge is 0.284 e. The lowest BCUT2D eigenvalue weighted by Crippen LogP contribution is -2.20. The molecule has 0 aliphatic carbocycles. The first kappa shape index (κ1) is 16.6. The van der Waals surface area contributed by atoms with Crippen LogP contribution >= 0.6 is 11.8 Å². The minimum atomic E-state index is -0.639. The average molecular weight is 346 g/mol. The number of benzene rings is 1. The van der Waals surface area contributed by atoms with E-state index in [9.17, 15) is 5.11 Å². The molecule has 2 aromatic heterocycles. The lowest BCUT2D eigenvalue weighted by molar-refractivity contribution is 0.126. The summed E-state index contributed by atoms with van der Waals surface area (Å²) in [6.45, 7) is 2.31. The van der Waals surface area contributed by atoms with E-state index >= 15 is 0 Å². The maximum Gasteiger partial charge on any atom is 0.284 e. The van der Waals surface area contributed by atoms with Crippen molar-refractivity contribution in [3.63, 3.8) is 0 Å². The molecule has 7 heteroatoms. The first-order chi connectivity index (χ1) is 11.7. The largest absolute Gasteiger partial charge is 0.491 e. The number of nitrogens with zero attached hydrogens (tertiary/aromatic N) is 2. The van der Waals surface area contributed by atoms with Gasteiger partial charge in [0.2, 0.25) is 0 Å². The van der Waals surface area contributed by atoms with Crippen molar-refractivity contribution < 1.29 is 18.7 Å². The highest BCUT2D eigenvalue weighted by Gasteiger charge is 2.13. The van der Waals surface area contributed by atoms with E-state index in [2.05, 4.69) is 17.1 Å². The van der Waals surface area contributed by atoms with Crippen LogP contribution in [0, 0.1) is 0 Å². The summed E-state index contributed by atoms with van der Waals surface area (Å²) in [5.41, 5.74) is 1.25. The summed E-state index contributed by atoms with van der Waals surface area (Å²) in [4.78, 5) is 0. The molecule has 3 rings (SSSR count). The maximum atomic E-state index is 10.0. The number of aliphatic hydroxyl groups excluding tert-OH is 1. The number of hydrogen-bond donors (Lipinski definition) is 1. The van der Waals surface area contributed by atoms with E-state index in [4.69, 9.17) is 13.6 Å². The zero-order valence-electron chi connectivity index (χ0n) is 13.2. The summed E-state index contributed by atoms with van der Waals surface area (Å²) in [7, 11) is 0. The summed E-state index contributed by atoms with van der Waals surface area (Å²) in [6, 6.07) is 11.4. The fourth-order valence-electron chi connectivity index (χ4n) is 2.00. The SMILES string of the molecule is CCc1ccc(OC[C@@H](O)CSc2nnc(-c3ccco3)o2)cc1. The second-order valence-corrected chi connectivity index (χ2v) is 6.10. The molecule has 0 fully saturated rings. The van der Waals surface area contributed by atoms with Crippen molar-refractivity contribution in [2.75, 3.05) is 12.4 Å². The lowest BCUT2D eigenvalue weighted by atomic mass is 10.2. The summed E-state index contributed by atoms with van der Waals surface area (Å²) >= 11 is 1.28. The van der Waals surface area contributed by atoms with Gasteiger partial charge < -0.3 is 18.7 Å². The molecule has 0 aliphatic heterocycles. The Kier molecular flexibility index (Phi) is 5.55. The molecule has 24 heavy (non-hydrogen) atoms. The third-order valence-corrected chi connectivity index (χ3v) is 4.27. The van der Waals surface area contributed by atoms with Crippen molar-refractivity contribution in [3.05, 3.63) is 48.2 Å². The minimum Gasteiger partial charge on any atom is -0.491 e. The van der Waals surface area contributed by atoms with E-state index in [-0.39, 0.29) is 6.61 Å². The molecule has 3 aromatic rings. The summed E-state index contributed by atoms with van der Waals surface area (Å²) in [5, 5.41) is 18.2. The van der Waals surface area contributed by atoms with Crippen LogP contribution in [0.5, 0.6) is 5.75 Å². The number of hydrogen-bond acceptors (Lipinski definition) is 7. The molecule has 6 nitrogen and oxygen atoms in total. The molecule has 1 aromatic carbocycles. The Balaban J connectivity index is 1.44. The normalized spacial score (nSPS) is 12.2. The monoisotopic (exact) mass is 346 g/mol. The lowest BCUT2D eigenvalue weighted by Gasteiger charge is -2.11. The Morgan fingerprint density at radius 3 is 2.75 bits per heavy atom. The molecule has 0 saturated carbocycles. The third kappa shape index (κ3) is 4.39. The molecule has 0 radical (unpaired) electrons. The van der Waals surface area contributed by atoms with Crippen LogP contribution in [0.15, 0.2) is 56.7 Å². The third-order valence-electron chi connectivity index (χ3n) is 3.31. The van der Waals surface area contributed by atoms with Gasteiger partial charge >= 0.3 is 0 Å². The number of aromatic nitrogens is 2. The Morgan fingerprint density at radius 2 is 2.04 bits per heavy atom. The first-order valence-electron chi connectivity index (χ1n) is 7.64. The van der Waals surface area contributed by atoms with Crippen LogP contribution in [-0.4, -0.2) is 33.8 Å². The molecule has 1 atom stereocenters. The van der Waals surface area contributed by atoms with Crippen molar-refractivity contribution in [2.24, 2.45) is 0 Å². The highest BCUT2D eigenvalue weighted by atomic mass is 32.2. The van der Waals surface area contributed by atoms with Gasteiger partial charge in [-0.05, 0) is 36.2 Å². The zero-order chi connectivity index (χ0) is 16.8. The predicted molar refractivity (Wildman–Crippen MR) is 90.0 cm³/mol. The Labute approximate surface area is 143 Å². The minimum absolute atomic E-state index is 0.206. The fourth-order valence-corrected chi connectivity index (χ4v) is 2.66. The van der Waals surface area contributed by atoms with Crippen LogP contribution in [-0.2, 0) is 6.42 Å². The van der Waals surface area contributed by atoms with Crippen molar-refractivity contribution in [2.45, 2.75) is 24.7 Å². The van der Waals surface area contributed by atoms with E-state index in [0.717, 1.165) is 12.2 Å². The Morgan fingerprint density at radius 1 is 1.21 bits per heavy atom. The number of furan rings is 1. The molecule has 0 bridgehead atoms. The predicted octanol–water partition coefficient (Wildman–Crippen LogP) is 3.42. The number of ether oxygens (including phenoxy) is 1. The van der Waals surface area contributed by atoms with Crippen LogP contribution in [0.4, 0.5) is 0 Å². The van der Waals surface area contributed by atoms with E-state index in [1.807, 2.05) is 24.3 Å². The number of thioether (sulfide) groups is 1. The summed E-state index contributed by atoms with van der Waals surface area (Å²) < 4.78 is 16.2. The standard InChI is InChI=1S/C17H18N2O4S/c1-2-12-5-7-14(8-6-12)22-10-13(20)11-24-17-19-18-16(23-17)15-4-3-9-21-15/h3-9,13,20H,2,10-11H2,1H3/t13-/m1/s1. The van der Waals surface area contributed by atoms with Crippen LogP contribution in [0.2, 0.25) is 0 Å². The molecular formula is C17H18N2O4S. The quantitative estimate of drug-likeness (QED) is 0.626. The molecule has 2 heterocycles. The first-order valence-corrected chi connectivity index (χ1v) is 8.63. The second-order valence-electron chi connectivity index (χ2n) is 5.12. The van der Waals surface area contributed by atoms with Gasteiger partial charge in [-0.15, -0.1) is 10.2 Å². The number of aliphatic hydroxyl groups is 1. The van der Waals surface area contributed by atoms with Crippen molar-refractivity contribution in [3.8, 4) is 17.4 Å². The van der Waals surface area contributed by atoms with Gasteiger partial charge in [-0.3, -0.25) is 0 Å². The van der Waals surface area contributed by atoms with Gasteiger partial charge in [0.1, 0.15) is 12.4 Å². The van der Waals surface area contributed by atoms with E-state index in [0.29, 0.717) is 22.6 Å². The highest BCUT2D eigenvalue weighted by Crippen LogP contribution is 2.24. The van der Waals surface area contributed by atoms with Crippen LogP contribution in [0.1, 0.15) is 12.5 Å². The van der Waals surface area contributed by atoms with E-state index < -0.39 is 6.10 Å². The number of aryl methyl sites for hydroxylation is 1. The van der Waals surface area contributed by atoms with Gasteiger partial charge in [-0.25, -0.2) is 0 Å². The molecule has 1 N–H and O–H groups in total. The van der Waals surface area contributed by atoms with Gasteiger partial charge in [-0.2, -0.15) is 0 Å². The summed E-state index contributed by atoms with van der Waals surface area (Å²) in [5.74, 6) is 1.99. The Bertz CT molecular complexity index is 740. The van der Waals surface area contributed by atoms with Crippen LogP contribution < -0.4 is 4.74 Å². The summed E-state index contributed by atoms with van der Waals surface area (Å²) in [6.07, 6.45) is 1.89. The van der Waals surface area contributed by atoms with E-state index in [1.165, 1.54) is 17.3 Å². The Hall–Kier alpha value is -2.25. The number of rotatable bonds is 8. The van der Waals surface area contributed by atoms with Gasteiger partial charge in [0.05, 0.1) is 12.4 Å². The second kappa shape index (κ2) is 8.03. The van der Waals surface area contributed by atoms with Crippen LogP contribution in [0.3, 0.4) is 0 Å². The van der Waals surface area contributed by atoms with Gasteiger partial charge in [0, 0.05) is 5.75 Å². The molecule has 0 amide bonds. The van der Waals surface area contributed by atoms with Crippen molar-refractivity contribution in [1.29, 1.82) is 0 Å². The van der Waals surface area contributed by atoms with Gasteiger partial charge in [-0.1, -0.05) is 30.8 Å². The molecule has 0 spiro atoms. The van der Waals surface area contributed by atoms with Crippen molar-refractivity contribution >= 4 is 11.8 Å². The molecule has 0 aliphatic rings. The van der Waals surface area contributed by atoms with Gasteiger partial charge in [0.25, 0.3) is 11.1 Å². The molecule has 126 valence electrons. The van der Waals surface area contributed by atoms with Crippen LogP contribution in [0.25, 0.3) is 11.7 Å². The average Bonchev–Trinajstić information content (AvgIpc) is 3.29. The van der Waals surface area contributed by atoms with Crippen molar-refractivity contribution in [1.82, 2.24) is 10.2 Å². The molecule has 0 saturated heterocycles.